The van der Waals surface area contributed by atoms with Gasteiger partial charge in [0.25, 0.3) is 5.91 Å². The lowest BCUT2D eigenvalue weighted by molar-refractivity contribution is -0.132. The van der Waals surface area contributed by atoms with Crippen LogP contribution in [-0.4, -0.2) is 23.2 Å². The number of thiocarbonyl (C=S) groups is 1. The number of ether oxygens (including phenoxy) is 1. The Bertz CT molecular complexity index is 222. The van der Waals surface area contributed by atoms with Crippen molar-refractivity contribution in [3.63, 3.8) is 0 Å². The minimum absolute atomic E-state index is 0.0411. The Labute approximate surface area is 82.0 Å². The molecule has 0 spiro atoms. The Morgan fingerprint density at radius 2 is 2.23 bits per heavy atom. The van der Waals surface area contributed by atoms with Crippen molar-refractivity contribution in [2.24, 2.45) is 5.73 Å². The molecule has 0 radical (unpaired) electrons. The lowest BCUT2D eigenvalue weighted by Crippen LogP contribution is -2.48. The summed E-state index contributed by atoms with van der Waals surface area (Å²) in [6, 6.07) is 0. The molecular formula is C7H13N3O2S. The number of rotatable bonds is 1. The predicted octanol–water partition coefficient (Wildman–Crippen LogP) is -0.582. The molecule has 0 bridgehead atoms. The van der Waals surface area contributed by atoms with Gasteiger partial charge in [0, 0.05) is 0 Å². The van der Waals surface area contributed by atoms with Gasteiger partial charge in [-0.25, -0.2) is 0 Å². The summed E-state index contributed by atoms with van der Waals surface area (Å²) < 4.78 is 5.32. The largest absolute Gasteiger partial charge is 0.375 e. The highest BCUT2D eigenvalue weighted by atomic mass is 32.1. The number of hydrogen-bond acceptors (Lipinski definition) is 3. The number of carbonyl (C=O) groups is 1. The van der Waals surface area contributed by atoms with Gasteiger partial charge in [-0.1, -0.05) is 0 Å². The maximum absolute atomic E-state index is 11.3. The van der Waals surface area contributed by atoms with Gasteiger partial charge in [0.15, 0.2) is 5.11 Å². The first-order valence-corrected chi connectivity index (χ1v) is 4.51. The Balaban J connectivity index is 2.27. The first-order chi connectivity index (χ1) is 6.09. The molecule has 13 heavy (non-hydrogen) atoms. The lowest BCUT2D eigenvalue weighted by Gasteiger charge is -2.11. The molecule has 0 aromatic heterocycles. The van der Waals surface area contributed by atoms with Crippen molar-refractivity contribution >= 4 is 23.2 Å². The van der Waals surface area contributed by atoms with Crippen LogP contribution in [0.1, 0.15) is 19.8 Å². The summed E-state index contributed by atoms with van der Waals surface area (Å²) in [6.07, 6.45) is 1.43. The molecular weight excluding hydrogens is 190 g/mol. The smallest absolute Gasteiger partial charge is 0.267 e. The molecule has 5 nitrogen and oxygen atoms in total. The van der Waals surface area contributed by atoms with E-state index in [-0.39, 0.29) is 23.2 Å². The number of nitrogens with two attached hydrogens (primary N) is 1. The zero-order valence-electron chi connectivity index (χ0n) is 7.37. The molecule has 1 rings (SSSR count). The number of hydrogen-bond donors (Lipinski definition) is 3. The summed E-state index contributed by atoms with van der Waals surface area (Å²) >= 11 is 4.52. The third-order valence-corrected chi connectivity index (χ3v) is 1.94. The molecule has 2 atom stereocenters. The van der Waals surface area contributed by atoms with Gasteiger partial charge in [0.05, 0.1) is 6.10 Å². The fraction of sp³-hybridized carbons (Fsp3) is 0.714. The average Bonchev–Trinajstić information content (AvgIpc) is 2.47. The van der Waals surface area contributed by atoms with E-state index in [1.807, 2.05) is 6.92 Å². The Hall–Kier alpha value is -0.880. The molecule has 1 aliphatic heterocycles. The zero-order chi connectivity index (χ0) is 9.84. The van der Waals surface area contributed by atoms with E-state index in [4.69, 9.17) is 10.5 Å². The molecule has 1 aliphatic rings. The van der Waals surface area contributed by atoms with Crippen molar-refractivity contribution in [2.45, 2.75) is 32.0 Å². The van der Waals surface area contributed by atoms with Gasteiger partial charge in [-0.2, -0.15) is 0 Å². The van der Waals surface area contributed by atoms with Gasteiger partial charge >= 0.3 is 0 Å². The average molecular weight is 203 g/mol. The van der Waals surface area contributed by atoms with Gasteiger partial charge in [-0.05, 0) is 32.0 Å². The van der Waals surface area contributed by atoms with E-state index in [1.165, 1.54) is 0 Å². The first kappa shape index (κ1) is 10.2. The van der Waals surface area contributed by atoms with Crippen molar-refractivity contribution in [1.29, 1.82) is 0 Å². The Morgan fingerprint density at radius 3 is 2.69 bits per heavy atom. The van der Waals surface area contributed by atoms with E-state index in [0.29, 0.717) is 0 Å². The van der Waals surface area contributed by atoms with Crippen LogP contribution in [0.3, 0.4) is 0 Å². The second kappa shape index (κ2) is 4.38. The van der Waals surface area contributed by atoms with E-state index in [9.17, 15) is 4.79 Å². The highest BCUT2D eigenvalue weighted by Crippen LogP contribution is 2.18. The maximum Gasteiger partial charge on any atom is 0.267 e. The number of nitrogens with one attached hydrogen (secondary N) is 2. The Morgan fingerprint density at radius 1 is 1.54 bits per heavy atom. The van der Waals surface area contributed by atoms with Crippen LogP contribution in [0.15, 0.2) is 0 Å². The number of carbonyl (C=O) groups excluding carboxylic acids is 1. The van der Waals surface area contributed by atoms with Crippen molar-refractivity contribution in [2.75, 3.05) is 0 Å². The SMILES string of the molecule is CC1CCC(C(=O)NNC(N)=S)O1. The van der Waals surface area contributed by atoms with Gasteiger partial charge in [0.1, 0.15) is 6.10 Å². The lowest BCUT2D eigenvalue weighted by atomic mass is 10.2. The molecule has 0 aliphatic carbocycles. The number of hydrazine groups is 1. The fourth-order valence-corrected chi connectivity index (χ4v) is 1.25. The van der Waals surface area contributed by atoms with Crippen LogP contribution in [-0.2, 0) is 9.53 Å². The first-order valence-electron chi connectivity index (χ1n) is 4.10. The maximum atomic E-state index is 11.3. The van der Waals surface area contributed by atoms with Crippen LogP contribution in [0.2, 0.25) is 0 Å². The number of amides is 1. The topological polar surface area (TPSA) is 76.4 Å². The molecule has 1 heterocycles. The van der Waals surface area contributed by atoms with E-state index in [2.05, 4.69) is 23.1 Å². The van der Waals surface area contributed by atoms with Gasteiger partial charge < -0.3 is 10.5 Å². The predicted molar refractivity (Wildman–Crippen MR) is 51.6 cm³/mol. The molecule has 4 N–H and O–H groups in total. The van der Waals surface area contributed by atoms with Gasteiger partial charge in [-0.15, -0.1) is 0 Å². The third kappa shape index (κ3) is 3.16. The summed E-state index contributed by atoms with van der Waals surface area (Å²) in [4.78, 5) is 11.3. The molecule has 1 fully saturated rings. The molecule has 0 saturated carbocycles. The molecule has 2 unspecified atom stereocenters. The van der Waals surface area contributed by atoms with Crippen molar-refractivity contribution < 1.29 is 9.53 Å². The van der Waals surface area contributed by atoms with Crippen LogP contribution in [0.5, 0.6) is 0 Å². The molecule has 0 aromatic rings. The zero-order valence-corrected chi connectivity index (χ0v) is 8.19. The van der Waals surface area contributed by atoms with Crippen molar-refractivity contribution in [3.8, 4) is 0 Å². The minimum atomic E-state index is -0.378. The van der Waals surface area contributed by atoms with E-state index < -0.39 is 0 Å². The molecule has 1 saturated heterocycles. The van der Waals surface area contributed by atoms with Crippen LogP contribution in [0.4, 0.5) is 0 Å². The highest BCUT2D eigenvalue weighted by Gasteiger charge is 2.27. The summed E-state index contributed by atoms with van der Waals surface area (Å²) in [5.74, 6) is -0.225. The second-order valence-corrected chi connectivity index (χ2v) is 3.43. The van der Waals surface area contributed by atoms with Crippen molar-refractivity contribution in [3.05, 3.63) is 0 Å². The molecule has 6 heteroatoms. The summed E-state index contributed by atoms with van der Waals surface area (Å²) in [6.45, 7) is 1.94. The normalized spacial score (nSPS) is 26.8. The summed E-state index contributed by atoms with van der Waals surface area (Å²) in [5, 5.41) is 0.0411. The van der Waals surface area contributed by atoms with Crippen LogP contribution >= 0.6 is 12.2 Å². The molecule has 0 aromatic carbocycles. The van der Waals surface area contributed by atoms with Crippen molar-refractivity contribution in [1.82, 2.24) is 10.9 Å². The highest BCUT2D eigenvalue weighted by molar-refractivity contribution is 7.80. The van der Waals surface area contributed by atoms with Crippen LogP contribution in [0, 0.1) is 0 Å². The molecule has 1 amide bonds. The second-order valence-electron chi connectivity index (χ2n) is 2.99. The van der Waals surface area contributed by atoms with Gasteiger partial charge in [0.2, 0.25) is 0 Å². The van der Waals surface area contributed by atoms with Crippen LogP contribution in [0.25, 0.3) is 0 Å². The van der Waals surface area contributed by atoms with Gasteiger partial charge in [-0.3, -0.25) is 15.6 Å². The van der Waals surface area contributed by atoms with E-state index in [0.717, 1.165) is 12.8 Å². The summed E-state index contributed by atoms with van der Waals surface area (Å²) in [5.41, 5.74) is 9.86. The molecule has 74 valence electrons. The van der Waals surface area contributed by atoms with E-state index >= 15 is 0 Å². The third-order valence-electron chi connectivity index (χ3n) is 1.83. The fourth-order valence-electron chi connectivity index (χ4n) is 1.20. The van der Waals surface area contributed by atoms with E-state index in [1.54, 1.807) is 0 Å². The summed E-state index contributed by atoms with van der Waals surface area (Å²) in [7, 11) is 0. The standard InChI is InChI=1S/C7H13N3O2S/c1-4-2-3-5(12-4)6(11)9-10-7(8)13/h4-5H,2-3H2,1H3,(H,9,11)(H3,8,10,13). The van der Waals surface area contributed by atoms with Crippen LogP contribution < -0.4 is 16.6 Å². The monoisotopic (exact) mass is 203 g/mol. The Kier molecular flexibility index (Phi) is 3.44. The quantitative estimate of drug-likeness (QED) is 0.392. The minimum Gasteiger partial charge on any atom is -0.375 e.